The molecule has 1 aromatic rings. The number of methoxy groups -OCH3 is 1. The summed E-state index contributed by atoms with van der Waals surface area (Å²) in [5, 5.41) is 6.11. The highest BCUT2D eigenvalue weighted by Crippen LogP contribution is 2.25. The summed E-state index contributed by atoms with van der Waals surface area (Å²) in [6, 6.07) is 4.83. The highest BCUT2D eigenvalue weighted by Gasteiger charge is 2.22. The minimum absolute atomic E-state index is 0.239. The van der Waals surface area contributed by atoms with Gasteiger partial charge in [0.15, 0.2) is 17.4 Å². The first kappa shape index (κ1) is 10.7. The van der Waals surface area contributed by atoms with Crippen LogP contribution in [0.25, 0.3) is 0 Å². The Morgan fingerprint density at radius 2 is 2.12 bits per heavy atom. The lowest BCUT2D eigenvalue weighted by molar-refractivity contribution is 0.303. The van der Waals surface area contributed by atoms with Crippen LogP contribution in [0.4, 0.5) is 4.39 Å². The standard InChI is InChI=1S/C11H14FN3O/c1-14-7-15(2)13-11(14)8-5-4-6-9(12)10(8)16-3/h4-6H,7H2,1-3H3. The van der Waals surface area contributed by atoms with Gasteiger partial charge in [-0.1, -0.05) is 6.07 Å². The molecule has 4 nitrogen and oxygen atoms in total. The van der Waals surface area contributed by atoms with Crippen molar-refractivity contribution in [2.45, 2.75) is 0 Å². The van der Waals surface area contributed by atoms with Crippen molar-refractivity contribution in [2.24, 2.45) is 5.10 Å². The number of hydrogen-bond acceptors (Lipinski definition) is 4. The summed E-state index contributed by atoms with van der Waals surface area (Å²) in [7, 11) is 5.24. The lowest BCUT2D eigenvalue weighted by Crippen LogP contribution is -2.26. The van der Waals surface area contributed by atoms with Crippen molar-refractivity contribution < 1.29 is 9.13 Å². The van der Waals surface area contributed by atoms with Gasteiger partial charge < -0.3 is 9.64 Å². The summed E-state index contributed by atoms with van der Waals surface area (Å²) < 4.78 is 18.6. The number of rotatable bonds is 2. The van der Waals surface area contributed by atoms with Crippen LogP contribution in [0.3, 0.4) is 0 Å². The van der Waals surface area contributed by atoms with Crippen molar-refractivity contribution >= 4 is 5.84 Å². The van der Waals surface area contributed by atoms with Gasteiger partial charge in [0, 0.05) is 14.1 Å². The molecule has 1 aliphatic heterocycles. The summed E-state index contributed by atoms with van der Waals surface area (Å²) in [5.41, 5.74) is 0.675. The van der Waals surface area contributed by atoms with Crippen molar-refractivity contribution in [3.8, 4) is 5.75 Å². The molecule has 0 saturated heterocycles. The molecule has 0 unspecified atom stereocenters. The maximum atomic E-state index is 13.5. The van der Waals surface area contributed by atoms with Gasteiger partial charge in [-0.2, -0.15) is 5.10 Å². The number of halogens is 1. The molecule has 0 aliphatic carbocycles. The molecule has 1 aromatic carbocycles. The van der Waals surface area contributed by atoms with E-state index in [-0.39, 0.29) is 11.6 Å². The minimum atomic E-state index is -0.370. The second kappa shape index (κ2) is 4.00. The zero-order chi connectivity index (χ0) is 11.7. The zero-order valence-electron chi connectivity index (χ0n) is 9.57. The van der Waals surface area contributed by atoms with E-state index in [9.17, 15) is 4.39 Å². The molecule has 5 heteroatoms. The van der Waals surface area contributed by atoms with Crippen molar-refractivity contribution in [1.29, 1.82) is 0 Å². The molecule has 0 radical (unpaired) electrons. The largest absolute Gasteiger partial charge is 0.493 e. The fraction of sp³-hybridized carbons (Fsp3) is 0.364. The third-order valence-corrected chi connectivity index (χ3v) is 2.46. The third kappa shape index (κ3) is 1.68. The lowest BCUT2D eigenvalue weighted by Gasteiger charge is -2.15. The van der Waals surface area contributed by atoms with Gasteiger partial charge in [-0.05, 0) is 12.1 Å². The molecule has 0 aromatic heterocycles. The first-order valence-electron chi connectivity index (χ1n) is 4.97. The maximum Gasteiger partial charge on any atom is 0.165 e. The molecule has 86 valence electrons. The molecule has 0 atom stereocenters. The van der Waals surface area contributed by atoms with Gasteiger partial charge in [0.25, 0.3) is 0 Å². The lowest BCUT2D eigenvalue weighted by atomic mass is 10.1. The van der Waals surface area contributed by atoms with E-state index < -0.39 is 0 Å². The van der Waals surface area contributed by atoms with Crippen LogP contribution in [-0.2, 0) is 0 Å². The molecule has 0 N–H and O–H groups in total. The quantitative estimate of drug-likeness (QED) is 0.757. The fourth-order valence-corrected chi connectivity index (χ4v) is 1.80. The monoisotopic (exact) mass is 223 g/mol. The van der Waals surface area contributed by atoms with Crippen molar-refractivity contribution in [1.82, 2.24) is 9.91 Å². The van der Waals surface area contributed by atoms with Crippen LogP contribution in [0.15, 0.2) is 23.3 Å². The Labute approximate surface area is 93.9 Å². The topological polar surface area (TPSA) is 28.1 Å². The minimum Gasteiger partial charge on any atom is -0.493 e. The number of amidine groups is 1. The Kier molecular flexibility index (Phi) is 2.68. The second-order valence-electron chi connectivity index (χ2n) is 3.74. The van der Waals surface area contributed by atoms with Crippen LogP contribution < -0.4 is 4.74 Å². The van der Waals surface area contributed by atoms with E-state index >= 15 is 0 Å². The Bertz CT molecular complexity index is 433. The van der Waals surface area contributed by atoms with Crippen molar-refractivity contribution in [3.63, 3.8) is 0 Å². The maximum absolute atomic E-state index is 13.5. The summed E-state index contributed by atoms with van der Waals surface area (Å²) >= 11 is 0. The number of benzene rings is 1. The van der Waals surface area contributed by atoms with E-state index in [0.717, 1.165) is 5.84 Å². The fourth-order valence-electron chi connectivity index (χ4n) is 1.80. The summed E-state index contributed by atoms with van der Waals surface area (Å²) in [4.78, 5) is 1.94. The van der Waals surface area contributed by atoms with Gasteiger partial charge in [0.1, 0.15) is 6.67 Å². The van der Waals surface area contributed by atoms with E-state index in [2.05, 4.69) is 5.10 Å². The number of hydrogen-bond donors (Lipinski definition) is 0. The number of hydrazone groups is 1. The third-order valence-electron chi connectivity index (χ3n) is 2.46. The highest BCUT2D eigenvalue weighted by atomic mass is 19.1. The molecule has 0 fully saturated rings. The Morgan fingerprint density at radius 1 is 1.38 bits per heavy atom. The second-order valence-corrected chi connectivity index (χ2v) is 3.74. The summed E-state index contributed by atoms with van der Waals surface area (Å²) in [6.07, 6.45) is 0. The average Bonchev–Trinajstić information content (AvgIpc) is 2.57. The number of para-hydroxylation sites is 1. The van der Waals surface area contributed by atoms with Crippen LogP contribution in [0, 0.1) is 5.82 Å². The van der Waals surface area contributed by atoms with E-state index in [1.807, 2.05) is 19.0 Å². The Balaban J connectivity index is 2.48. The smallest absolute Gasteiger partial charge is 0.165 e. The predicted octanol–water partition coefficient (Wildman–Crippen LogP) is 1.33. The first-order chi connectivity index (χ1) is 7.63. The molecule has 1 aliphatic rings. The van der Waals surface area contributed by atoms with Gasteiger partial charge in [0.2, 0.25) is 0 Å². The van der Waals surface area contributed by atoms with Gasteiger partial charge in [-0.25, -0.2) is 4.39 Å². The molecular weight excluding hydrogens is 209 g/mol. The van der Waals surface area contributed by atoms with Gasteiger partial charge in [0.05, 0.1) is 12.7 Å². The van der Waals surface area contributed by atoms with Crippen LogP contribution in [0.5, 0.6) is 5.75 Å². The molecular formula is C11H14FN3O. The molecule has 16 heavy (non-hydrogen) atoms. The Hall–Kier alpha value is -1.78. The highest BCUT2D eigenvalue weighted by molar-refractivity contribution is 6.01. The molecule has 0 bridgehead atoms. The summed E-state index contributed by atoms with van der Waals surface area (Å²) in [6.45, 7) is 0.689. The van der Waals surface area contributed by atoms with Crippen LogP contribution in [-0.4, -0.2) is 43.6 Å². The van der Waals surface area contributed by atoms with Gasteiger partial charge >= 0.3 is 0 Å². The van der Waals surface area contributed by atoms with E-state index in [1.165, 1.54) is 13.2 Å². The Morgan fingerprint density at radius 3 is 2.69 bits per heavy atom. The van der Waals surface area contributed by atoms with E-state index in [0.29, 0.717) is 12.2 Å². The van der Waals surface area contributed by atoms with E-state index in [4.69, 9.17) is 4.74 Å². The first-order valence-corrected chi connectivity index (χ1v) is 4.97. The van der Waals surface area contributed by atoms with Crippen LogP contribution in [0.2, 0.25) is 0 Å². The van der Waals surface area contributed by atoms with Gasteiger partial charge in [-0.15, -0.1) is 0 Å². The molecule has 0 spiro atoms. The van der Waals surface area contributed by atoms with E-state index in [1.54, 1.807) is 17.1 Å². The van der Waals surface area contributed by atoms with Gasteiger partial charge in [-0.3, -0.25) is 5.01 Å². The summed E-state index contributed by atoms with van der Waals surface area (Å²) in [5.74, 6) is 0.591. The number of nitrogens with zero attached hydrogens (tertiary/aromatic N) is 3. The van der Waals surface area contributed by atoms with Crippen LogP contribution in [0.1, 0.15) is 5.56 Å². The predicted molar refractivity (Wildman–Crippen MR) is 59.9 cm³/mol. The molecule has 2 rings (SSSR count). The SMILES string of the molecule is COc1c(F)cccc1C1=NN(C)CN1C. The molecule has 1 heterocycles. The average molecular weight is 223 g/mol. The van der Waals surface area contributed by atoms with Crippen LogP contribution >= 0.6 is 0 Å². The molecule has 0 saturated carbocycles. The normalized spacial score (nSPS) is 15.4. The molecule has 0 amide bonds. The van der Waals surface area contributed by atoms with Crippen molar-refractivity contribution in [3.05, 3.63) is 29.6 Å². The van der Waals surface area contributed by atoms with Crippen molar-refractivity contribution in [2.75, 3.05) is 27.9 Å². The zero-order valence-corrected chi connectivity index (χ0v) is 9.57. The number of ether oxygens (including phenoxy) is 1.